The molecule has 432 valence electrons. The molecule has 0 fully saturated rings. The minimum Gasteiger partial charge on any atom is -0.611 e. The van der Waals surface area contributed by atoms with E-state index in [1.165, 1.54) is 11.1 Å². The summed E-state index contributed by atoms with van der Waals surface area (Å²) >= 11 is 0. The summed E-state index contributed by atoms with van der Waals surface area (Å²) in [5.41, 5.74) is 17.9. The Morgan fingerprint density at radius 2 is 0.357 bits per heavy atom. The van der Waals surface area contributed by atoms with Gasteiger partial charge in [0.05, 0.1) is 46.0 Å². The highest BCUT2D eigenvalue weighted by Gasteiger charge is 2.48. The van der Waals surface area contributed by atoms with Gasteiger partial charge < -0.3 is 69.1 Å². The van der Waals surface area contributed by atoms with Gasteiger partial charge in [-0.1, -0.05) is 206 Å². The van der Waals surface area contributed by atoms with Crippen molar-refractivity contribution in [1.82, 2.24) is 0 Å². The fourth-order valence-corrected chi connectivity index (χ4v) is 9.43. The first-order chi connectivity index (χ1) is 41.2. The Kier molecular flexibility index (Phi) is 22.6. The van der Waals surface area contributed by atoms with Crippen molar-refractivity contribution in [2.24, 2.45) is 0 Å². The summed E-state index contributed by atoms with van der Waals surface area (Å²) in [6.45, 7) is -1.10. The maximum atomic E-state index is 7.00. The molecule has 10 aromatic rings. The maximum Gasteiger partial charge on any atom is 0.777 e. The Morgan fingerprint density at radius 1 is 0.226 bits per heavy atom. The molecule has 0 unspecified atom stereocenters. The number of aliphatic hydroxyl groups is 4. The number of hydrogen-bond acceptors (Lipinski definition) is 12. The van der Waals surface area contributed by atoms with Crippen LogP contribution in [0.2, 0.25) is 0 Å². The number of hydrogen-bond donors (Lipinski definition) is 6. The first-order valence-corrected chi connectivity index (χ1v) is 27.3. The van der Waals surface area contributed by atoms with Gasteiger partial charge in [0.1, 0.15) is 12.1 Å². The molecule has 14 rings (SSSR count). The number of para-hydroxylation sites is 8. The van der Waals surface area contributed by atoms with Crippen molar-refractivity contribution in [2.75, 3.05) is 28.4 Å². The molecule has 16 heteroatoms. The lowest BCUT2D eigenvalue weighted by Crippen LogP contribution is -2.60. The van der Waals surface area contributed by atoms with Crippen LogP contribution in [0.3, 0.4) is 0 Å². The van der Waals surface area contributed by atoms with Gasteiger partial charge in [-0.05, 0) is 62.4 Å². The summed E-state index contributed by atoms with van der Waals surface area (Å²) in [6.07, 6.45) is 0. The quantitative estimate of drug-likeness (QED) is 0.0893. The van der Waals surface area contributed by atoms with E-state index in [2.05, 4.69) is 49.6 Å². The third-order valence-corrected chi connectivity index (χ3v) is 13.2. The second kappa shape index (κ2) is 30.5. The molecule has 2 spiro atoms. The minimum atomic E-state index is -2.64. The van der Waals surface area contributed by atoms with Crippen molar-refractivity contribution in [3.8, 4) is 90.5 Å². The lowest BCUT2D eigenvalue weighted by molar-refractivity contribution is -0.420. The van der Waals surface area contributed by atoms with Crippen LogP contribution < -0.4 is 48.7 Å². The molecule has 4 aliphatic rings. The molecule has 84 heavy (non-hydrogen) atoms. The third kappa shape index (κ3) is 14.7. The summed E-state index contributed by atoms with van der Waals surface area (Å²) in [6, 6.07) is 83.9. The molecule has 0 aromatic heterocycles. The molecule has 10 N–H and O–H groups in total. The number of quaternary nitrogens is 2. The zero-order valence-corrected chi connectivity index (χ0v) is 48.0. The highest BCUT2D eigenvalue weighted by Crippen LogP contribution is 2.48. The van der Waals surface area contributed by atoms with Crippen LogP contribution in [0.25, 0.3) is 44.5 Å². The Balaban J connectivity index is 0.000000172. The van der Waals surface area contributed by atoms with Gasteiger partial charge in [-0.25, -0.2) is 0 Å². The molecule has 14 nitrogen and oxygen atoms in total. The average Bonchev–Trinajstić information content (AvgIpc) is 2.91. The lowest BCUT2D eigenvalue weighted by Gasteiger charge is -2.39. The van der Waals surface area contributed by atoms with Crippen LogP contribution in [0, 0.1) is 0 Å². The lowest BCUT2D eigenvalue weighted by atomic mass is 10.0. The van der Waals surface area contributed by atoms with Crippen LogP contribution in [-0.2, 0) is 0 Å². The van der Waals surface area contributed by atoms with Crippen LogP contribution in [0.15, 0.2) is 255 Å². The molecule has 0 aliphatic carbocycles. The van der Waals surface area contributed by atoms with E-state index in [0.29, 0.717) is 58.1 Å². The summed E-state index contributed by atoms with van der Waals surface area (Å²) in [5, 5.41) is 28.0. The van der Waals surface area contributed by atoms with Crippen LogP contribution in [0.1, 0.15) is 37.1 Å². The van der Waals surface area contributed by atoms with Gasteiger partial charge in [-0.2, -0.15) is 0 Å². The second-order valence-electron chi connectivity index (χ2n) is 18.7. The smallest absolute Gasteiger partial charge is 0.611 e. The summed E-state index contributed by atoms with van der Waals surface area (Å²) in [4.78, 5) is 0. The predicted molar refractivity (Wildman–Crippen MR) is 332 cm³/mol. The molecule has 2 atom stereocenters. The van der Waals surface area contributed by atoms with Crippen molar-refractivity contribution in [1.29, 1.82) is 0 Å². The number of benzene rings is 10. The fraction of sp³-hybridized carbons (Fsp3) is 0.118. The largest absolute Gasteiger partial charge is 0.777 e. The van der Waals surface area contributed by atoms with Crippen molar-refractivity contribution in [3.63, 3.8) is 0 Å². The molecule has 0 saturated carbocycles. The Bertz CT molecular complexity index is 3000. The standard InChI is InChI=1S/2C24H16BO4.2C8H11N.4CH4O/c2*1-5-13-21-17(9-1)18-10-2-6-14-22(18)27-25(26-21)28-23-15-7-3-11-19(23)20-12-4-8-16-24(20)29-25;2*1-7(9)8-5-3-2-4-6-8;4*1-2/h2*1-16H;2*2-7H,9H2,1H3;4*2H,1H3/q2*-1;;;;;;/p+2/t;;2*7-;;;;/m..00..../s1. The van der Waals surface area contributed by atoms with E-state index in [4.69, 9.17) is 57.7 Å². The molecule has 0 amide bonds. The Morgan fingerprint density at radius 3 is 0.488 bits per heavy atom. The zero-order valence-electron chi connectivity index (χ0n) is 48.0. The minimum absolute atomic E-state index is 0.409. The predicted octanol–water partition coefficient (Wildman–Crippen LogP) is 11.8. The van der Waals surface area contributed by atoms with Gasteiger partial charge >= 0.3 is 13.9 Å². The molecule has 4 heterocycles. The van der Waals surface area contributed by atoms with Gasteiger partial charge in [-0.3, -0.25) is 0 Å². The maximum absolute atomic E-state index is 7.00. The summed E-state index contributed by atoms with van der Waals surface area (Å²) in [5.74, 6) is 5.18. The molecule has 4 aliphatic heterocycles. The van der Waals surface area contributed by atoms with Gasteiger partial charge in [0.15, 0.2) is 0 Å². The Hall–Kier alpha value is -9.51. The zero-order chi connectivity index (χ0) is 59.9. The third-order valence-electron chi connectivity index (χ3n) is 13.2. The van der Waals surface area contributed by atoms with Gasteiger partial charge in [0.25, 0.3) is 0 Å². The SMILES string of the molecule is CO.CO.CO.CO.C[C@H]([NH3+])c1ccccc1.C[C@H]([NH3+])c1ccccc1.c1ccc2c(c1)O[B-]1(Oc3ccccc3-2)Oc2ccccc2-c2ccccc2O1.c1ccc2c(c1)O[B-]1(Oc3ccccc3-2)Oc2ccccc2-c2ccccc2O1. The van der Waals surface area contributed by atoms with Gasteiger partial charge in [0, 0.05) is 84.1 Å². The topological polar surface area (TPSA) is 210 Å². The second-order valence-corrected chi connectivity index (χ2v) is 18.7. The highest BCUT2D eigenvalue weighted by molar-refractivity contribution is 6.58. The van der Waals surface area contributed by atoms with E-state index in [-0.39, 0.29) is 0 Å². The van der Waals surface area contributed by atoms with E-state index in [0.717, 1.165) is 72.9 Å². The van der Waals surface area contributed by atoms with E-state index in [9.17, 15) is 0 Å². The molecule has 0 bridgehead atoms. The Labute approximate surface area is 491 Å². The fourth-order valence-electron chi connectivity index (χ4n) is 9.43. The molecule has 0 radical (unpaired) electrons. The number of rotatable bonds is 2. The van der Waals surface area contributed by atoms with E-state index >= 15 is 0 Å². The van der Waals surface area contributed by atoms with Crippen LogP contribution in [0.4, 0.5) is 0 Å². The first-order valence-electron chi connectivity index (χ1n) is 27.3. The number of fused-ring (bicyclic) bond motifs is 12. The van der Waals surface area contributed by atoms with Gasteiger partial charge in [0.2, 0.25) is 0 Å². The molecule has 10 aromatic carbocycles. The van der Waals surface area contributed by atoms with Crippen molar-refractivity contribution < 1.29 is 69.1 Å². The van der Waals surface area contributed by atoms with Crippen molar-refractivity contribution in [3.05, 3.63) is 266 Å². The van der Waals surface area contributed by atoms with Crippen LogP contribution in [-0.4, -0.2) is 62.8 Å². The van der Waals surface area contributed by atoms with Crippen molar-refractivity contribution >= 4 is 13.9 Å². The van der Waals surface area contributed by atoms with Crippen LogP contribution in [0.5, 0.6) is 46.0 Å². The molecular formula is C68H72B2N2O12. The van der Waals surface area contributed by atoms with E-state index in [1.807, 2.05) is 231 Å². The normalized spacial score (nSPS) is 13.4. The van der Waals surface area contributed by atoms with Gasteiger partial charge in [-0.15, -0.1) is 0 Å². The van der Waals surface area contributed by atoms with Crippen LogP contribution >= 0.6 is 0 Å². The van der Waals surface area contributed by atoms with Crippen molar-refractivity contribution in [2.45, 2.75) is 25.9 Å². The van der Waals surface area contributed by atoms with E-state index in [1.54, 1.807) is 0 Å². The molecular weight excluding hydrogens is 1060 g/mol. The van der Waals surface area contributed by atoms with E-state index < -0.39 is 13.9 Å². The number of aliphatic hydroxyl groups excluding tert-OH is 4. The molecule has 0 saturated heterocycles. The summed E-state index contributed by atoms with van der Waals surface area (Å²) in [7, 11) is 4.00. The first kappa shape index (κ1) is 62.1. The summed E-state index contributed by atoms with van der Waals surface area (Å²) < 4.78 is 50.9. The monoisotopic (exact) mass is 1130 g/mol. The average molecular weight is 1130 g/mol. The highest BCUT2D eigenvalue weighted by atomic mass is 16.9.